The van der Waals surface area contributed by atoms with E-state index in [9.17, 15) is 10.1 Å². The van der Waals surface area contributed by atoms with Crippen molar-refractivity contribution in [2.45, 2.75) is 39.5 Å². The zero-order chi connectivity index (χ0) is 19.9. The van der Waals surface area contributed by atoms with Gasteiger partial charge in [-0.3, -0.25) is 10.1 Å². The number of rotatable bonds is 8. The predicted octanol–water partition coefficient (Wildman–Crippen LogP) is 4.54. The van der Waals surface area contributed by atoms with Gasteiger partial charge in [-0.25, -0.2) is 9.97 Å². The summed E-state index contributed by atoms with van der Waals surface area (Å²) < 4.78 is 5.65. The molecule has 1 aromatic carbocycles. The van der Waals surface area contributed by atoms with Gasteiger partial charge in [-0.15, -0.1) is 0 Å². The number of anilines is 3. The lowest BCUT2D eigenvalue weighted by Crippen LogP contribution is -2.34. The molecule has 0 saturated carbocycles. The molecule has 3 rings (SSSR count). The van der Waals surface area contributed by atoms with Gasteiger partial charge in [0.25, 0.3) is 0 Å². The number of hydrogen-bond acceptors (Lipinski definition) is 7. The maximum atomic E-state index is 11.8. The Balaban J connectivity index is 1.78. The number of hydrogen-bond donors (Lipinski definition) is 1. The summed E-state index contributed by atoms with van der Waals surface area (Å²) in [5, 5.41) is 14.8. The molecule has 1 N–H and O–H groups in total. The quantitative estimate of drug-likeness (QED) is 0.405. The highest BCUT2D eigenvalue weighted by Crippen LogP contribution is 2.35. The second-order valence-corrected chi connectivity index (χ2v) is 7.17. The van der Waals surface area contributed by atoms with Gasteiger partial charge in [-0.05, 0) is 49.4 Å². The van der Waals surface area contributed by atoms with Crippen LogP contribution in [0.1, 0.15) is 39.5 Å². The average molecular weight is 385 g/mol. The average Bonchev–Trinajstić information content (AvgIpc) is 2.70. The minimum absolute atomic E-state index is 0.0830. The third-order valence-electron chi connectivity index (χ3n) is 4.95. The fourth-order valence-electron chi connectivity index (χ4n) is 3.19. The Morgan fingerprint density at radius 2 is 1.96 bits per heavy atom. The van der Waals surface area contributed by atoms with Gasteiger partial charge in [0.1, 0.15) is 12.1 Å². The van der Waals surface area contributed by atoms with Crippen LogP contribution >= 0.6 is 0 Å². The lowest BCUT2D eigenvalue weighted by Gasteiger charge is -2.30. The molecule has 0 radical (unpaired) electrons. The Kier molecular flexibility index (Phi) is 6.62. The van der Waals surface area contributed by atoms with Crippen molar-refractivity contribution in [1.82, 2.24) is 9.97 Å². The fourth-order valence-corrected chi connectivity index (χ4v) is 3.19. The van der Waals surface area contributed by atoms with E-state index in [0.717, 1.165) is 44.5 Å². The van der Waals surface area contributed by atoms with Crippen molar-refractivity contribution >= 4 is 23.0 Å². The Morgan fingerprint density at radius 3 is 2.61 bits per heavy atom. The predicted molar refractivity (Wildman–Crippen MR) is 109 cm³/mol. The molecule has 150 valence electrons. The standard InChI is InChI=1S/C20H27N5O3/c1-3-4-13-28-17-7-5-16(6-8-17)23-19-18(25(26)27)20(22-14-21-19)24-11-9-15(2)10-12-24/h5-8,14-15H,3-4,9-13H2,1-2H3,(H,21,22,23). The largest absolute Gasteiger partial charge is 0.494 e. The molecule has 0 spiro atoms. The summed E-state index contributed by atoms with van der Waals surface area (Å²) in [6.07, 6.45) is 5.47. The number of ether oxygens (including phenoxy) is 1. The van der Waals surface area contributed by atoms with Crippen molar-refractivity contribution in [2.75, 3.05) is 29.9 Å². The van der Waals surface area contributed by atoms with Crippen LogP contribution in [-0.2, 0) is 0 Å². The number of nitro groups is 1. The number of aromatic nitrogens is 2. The second-order valence-electron chi connectivity index (χ2n) is 7.17. The van der Waals surface area contributed by atoms with E-state index in [1.807, 2.05) is 29.2 Å². The molecule has 1 aliphatic heterocycles. The zero-order valence-electron chi connectivity index (χ0n) is 16.4. The van der Waals surface area contributed by atoms with Crippen molar-refractivity contribution in [3.63, 3.8) is 0 Å². The molecule has 2 aromatic rings. The van der Waals surface area contributed by atoms with Crippen LogP contribution < -0.4 is 15.0 Å². The molecule has 28 heavy (non-hydrogen) atoms. The monoisotopic (exact) mass is 385 g/mol. The highest BCUT2D eigenvalue weighted by atomic mass is 16.6. The third kappa shape index (κ3) is 4.88. The molecule has 1 fully saturated rings. The van der Waals surface area contributed by atoms with Crippen LogP contribution in [0.2, 0.25) is 0 Å². The normalized spacial score (nSPS) is 14.7. The molecule has 0 amide bonds. The SMILES string of the molecule is CCCCOc1ccc(Nc2ncnc(N3CCC(C)CC3)c2[N+](=O)[O-])cc1. The van der Waals surface area contributed by atoms with E-state index in [4.69, 9.17) is 4.74 Å². The molecular weight excluding hydrogens is 358 g/mol. The minimum atomic E-state index is -0.405. The van der Waals surface area contributed by atoms with Crippen LogP contribution in [0.15, 0.2) is 30.6 Å². The molecule has 2 heterocycles. The van der Waals surface area contributed by atoms with Gasteiger partial charge in [0.2, 0.25) is 11.6 Å². The molecule has 8 heteroatoms. The maximum absolute atomic E-state index is 11.8. The molecule has 0 unspecified atom stereocenters. The summed E-state index contributed by atoms with van der Waals surface area (Å²) in [4.78, 5) is 21.7. The molecule has 0 bridgehead atoms. The van der Waals surface area contributed by atoms with Crippen LogP contribution in [0.5, 0.6) is 5.75 Å². The highest BCUT2D eigenvalue weighted by Gasteiger charge is 2.29. The van der Waals surface area contributed by atoms with E-state index in [1.165, 1.54) is 6.33 Å². The van der Waals surface area contributed by atoms with Crippen LogP contribution in [-0.4, -0.2) is 34.6 Å². The van der Waals surface area contributed by atoms with Gasteiger partial charge in [0, 0.05) is 18.8 Å². The Hall–Kier alpha value is -2.90. The number of unbranched alkanes of at least 4 members (excludes halogenated alkanes) is 1. The van der Waals surface area contributed by atoms with Crippen LogP contribution in [0.4, 0.5) is 23.0 Å². The Bertz CT molecular complexity index is 789. The van der Waals surface area contributed by atoms with Gasteiger partial charge >= 0.3 is 5.69 Å². The molecule has 0 atom stereocenters. The smallest absolute Gasteiger partial charge is 0.353 e. The van der Waals surface area contributed by atoms with Crippen LogP contribution in [0, 0.1) is 16.0 Å². The van der Waals surface area contributed by atoms with Gasteiger partial charge in [-0.1, -0.05) is 20.3 Å². The molecule has 0 aliphatic carbocycles. The van der Waals surface area contributed by atoms with Crippen molar-refractivity contribution in [1.29, 1.82) is 0 Å². The van der Waals surface area contributed by atoms with E-state index in [0.29, 0.717) is 24.0 Å². The number of nitrogens with one attached hydrogen (secondary N) is 1. The van der Waals surface area contributed by atoms with Crippen molar-refractivity contribution < 1.29 is 9.66 Å². The summed E-state index contributed by atoms with van der Waals surface area (Å²) in [6.45, 7) is 6.53. The third-order valence-corrected chi connectivity index (χ3v) is 4.95. The number of benzene rings is 1. The Morgan fingerprint density at radius 1 is 1.25 bits per heavy atom. The summed E-state index contributed by atoms with van der Waals surface area (Å²) in [5.74, 6) is 1.99. The van der Waals surface area contributed by atoms with Crippen molar-refractivity contribution in [3.8, 4) is 5.75 Å². The number of piperidine rings is 1. The first kappa shape index (κ1) is 19.9. The van der Waals surface area contributed by atoms with Gasteiger partial charge < -0.3 is 15.0 Å². The van der Waals surface area contributed by atoms with Crippen LogP contribution in [0.3, 0.4) is 0 Å². The van der Waals surface area contributed by atoms with E-state index < -0.39 is 4.92 Å². The van der Waals surface area contributed by atoms with E-state index in [2.05, 4.69) is 29.1 Å². The second kappa shape index (κ2) is 9.34. The maximum Gasteiger partial charge on any atom is 0.353 e. The lowest BCUT2D eigenvalue weighted by molar-refractivity contribution is -0.383. The van der Waals surface area contributed by atoms with E-state index >= 15 is 0 Å². The first-order chi connectivity index (χ1) is 13.6. The summed E-state index contributed by atoms with van der Waals surface area (Å²) >= 11 is 0. The van der Waals surface area contributed by atoms with Gasteiger partial charge in [-0.2, -0.15) is 0 Å². The molecule has 1 aliphatic rings. The first-order valence-electron chi connectivity index (χ1n) is 9.82. The summed E-state index contributed by atoms with van der Waals surface area (Å²) in [7, 11) is 0. The van der Waals surface area contributed by atoms with E-state index in [1.54, 1.807) is 0 Å². The highest BCUT2D eigenvalue weighted by molar-refractivity contribution is 5.74. The minimum Gasteiger partial charge on any atom is -0.494 e. The van der Waals surface area contributed by atoms with Crippen molar-refractivity contribution in [3.05, 3.63) is 40.7 Å². The summed E-state index contributed by atoms with van der Waals surface area (Å²) in [5.41, 5.74) is 0.628. The molecule has 8 nitrogen and oxygen atoms in total. The molecular formula is C20H27N5O3. The summed E-state index contributed by atoms with van der Waals surface area (Å²) in [6, 6.07) is 7.35. The van der Waals surface area contributed by atoms with Crippen molar-refractivity contribution in [2.24, 2.45) is 5.92 Å². The molecule has 1 aromatic heterocycles. The van der Waals surface area contributed by atoms with E-state index in [-0.39, 0.29) is 11.5 Å². The van der Waals surface area contributed by atoms with Crippen LogP contribution in [0.25, 0.3) is 0 Å². The zero-order valence-corrected chi connectivity index (χ0v) is 16.4. The lowest BCUT2D eigenvalue weighted by atomic mass is 9.99. The van der Waals surface area contributed by atoms with Gasteiger partial charge in [0.05, 0.1) is 11.5 Å². The van der Waals surface area contributed by atoms with Gasteiger partial charge in [0.15, 0.2) is 0 Å². The Labute approximate surface area is 165 Å². The fraction of sp³-hybridized carbons (Fsp3) is 0.500. The topological polar surface area (TPSA) is 93.4 Å². The molecule has 1 saturated heterocycles. The first-order valence-corrected chi connectivity index (χ1v) is 9.82. The number of nitrogens with zero attached hydrogens (tertiary/aromatic N) is 4.